The van der Waals surface area contributed by atoms with E-state index in [1.54, 1.807) is 13.1 Å². The molecular formula is C22H28N4O3. The number of rotatable bonds is 8. The van der Waals surface area contributed by atoms with Crippen molar-refractivity contribution in [2.75, 3.05) is 33.3 Å². The smallest absolute Gasteiger partial charge is 0.269 e. The number of benzene rings is 1. The first-order valence-corrected chi connectivity index (χ1v) is 10.0. The number of hydrogen-bond acceptors (Lipinski definition) is 5. The van der Waals surface area contributed by atoms with E-state index in [0.717, 1.165) is 38.1 Å². The zero-order valence-electron chi connectivity index (χ0n) is 16.7. The van der Waals surface area contributed by atoms with Crippen LogP contribution < -0.4 is 16.0 Å². The van der Waals surface area contributed by atoms with Crippen LogP contribution in [-0.4, -0.2) is 56.2 Å². The zero-order valence-corrected chi connectivity index (χ0v) is 16.7. The molecule has 3 rings (SSSR count). The van der Waals surface area contributed by atoms with E-state index in [1.807, 2.05) is 30.3 Å². The molecule has 0 bridgehead atoms. The lowest BCUT2D eigenvalue weighted by Gasteiger charge is -2.23. The Morgan fingerprint density at radius 3 is 2.76 bits per heavy atom. The van der Waals surface area contributed by atoms with Crippen molar-refractivity contribution in [2.24, 2.45) is 0 Å². The van der Waals surface area contributed by atoms with Gasteiger partial charge in [0.2, 0.25) is 0 Å². The minimum atomic E-state index is -0.309. The quantitative estimate of drug-likeness (QED) is 0.589. The van der Waals surface area contributed by atoms with Gasteiger partial charge in [-0.2, -0.15) is 0 Å². The summed E-state index contributed by atoms with van der Waals surface area (Å²) >= 11 is 0. The minimum absolute atomic E-state index is 0.199. The van der Waals surface area contributed by atoms with Crippen molar-refractivity contribution in [1.82, 2.24) is 20.9 Å². The largest absolute Gasteiger partial charge is 0.376 e. The molecule has 0 aliphatic carbocycles. The van der Waals surface area contributed by atoms with Gasteiger partial charge in [0.25, 0.3) is 11.8 Å². The van der Waals surface area contributed by atoms with Crippen LogP contribution in [0.3, 0.4) is 0 Å². The number of morpholine rings is 1. The van der Waals surface area contributed by atoms with Gasteiger partial charge in [-0.1, -0.05) is 30.3 Å². The molecule has 29 heavy (non-hydrogen) atoms. The van der Waals surface area contributed by atoms with Crippen LogP contribution in [0.1, 0.15) is 44.9 Å². The zero-order chi connectivity index (χ0) is 20.5. The van der Waals surface area contributed by atoms with Gasteiger partial charge in [-0.3, -0.25) is 9.59 Å². The average Bonchev–Trinajstić information content (AvgIpc) is 2.77. The topological polar surface area (TPSA) is 92.4 Å². The number of amides is 2. The number of ether oxygens (including phenoxy) is 1. The molecule has 1 aromatic heterocycles. The van der Waals surface area contributed by atoms with Gasteiger partial charge in [0.15, 0.2) is 0 Å². The fraction of sp³-hybridized carbons (Fsp3) is 0.409. The van der Waals surface area contributed by atoms with Gasteiger partial charge < -0.3 is 20.7 Å². The summed E-state index contributed by atoms with van der Waals surface area (Å²) in [4.78, 5) is 29.2. The normalized spacial score (nSPS) is 16.2. The van der Waals surface area contributed by atoms with E-state index < -0.39 is 0 Å². The molecule has 1 aliphatic rings. The van der Waals surface area contributed by atoms with Crippen LogP contribution in [0, 0.1) is 0 Å². The van der Waals surface area contributed by atoms with E-state index in [0.29, 0.717) is 24.2 Å². The van der Waals surface area contributed by atoms with E-state index in [4.69, 9.17) is 4.74 Å². The number of nitrogens with one attached hydrogen (secondary N) is 3. The van der Waals surface area contributed by atoms with E-state index in [1.165, 1.54) is 6.07 Å². The first-order chi connectivity index (χ1) is 14.2. The number of nitrogens with zero attached hydrogens (tertiary/aromatic N) is 1. The molecule has 0 saturated carbocycles. The first-order valence-electron chi connectivity index (χ1n) is 10.0. The number of pyridine rings is 1. The average molecular weight is 396 g/mol. The Morgan fingerprint density at radius 1 is 1.21 bits per heavy atom. The molecule has 2 amide bonds. The second-order valence-corrected chi connectivity index (χ2v) is 7.07. The number of aromatic nitrogens is 1. The lowest BCUT2D eigenvalue weighted by atomic mass is 10.1. The third kappa shape index (κ3) is 6.37. The Balaban J connectivity index is 1.63. The van der Waals surface area contributed by atoms with Crippen molar-refractivity contribution in [2.45, 2.75) is 25.4 Å². The van der Waals surface area contributed by atoms with Crippen molar-refractivity contribution >= 4 is 11.8 Å². The van der Waals surface area contributed by atoms with Crippen LogP contribution in [0.2, 0.25) is 0 Å². The summed E-state index contributed by atoms with van der Waals surface area (Å²) in [5.74, 6) is -0.509. The Labute approximate surface area is 171 Å². The summed E-state index contributed by atoms with van der Waals surface area (Å²) in [6.45, 7) is 3.05. The lowest BCUT2D eigenvalue weighted by Crippen LogP contribution is -2.38. The molecule has 1 atom stereocenters. The first kappa shape index (κ1) is 21.0. The Bertz CT molecular complexity index is 820. The van der Waals surface area contributed by atoms with Gasteiger partial charge in [-0.15, -0.1) is 0 Å². The van der Waals surface area contributed by atoms with E-state index in [2.05, 4.69) is 20.9 Å². The van der Waals surface area contributed by atoms with Crippen LogP contribution >= 0.6 is 0 Å². The molecule has 2 heterocycles. The Hall–Kier alpha value is -2.77. The van der Waals surface area contributed by atoms with Crippen LogP contribution in [0.15, 0.2) is 42.5 Å². The molecule has 0 radical (unpaired) electrons. The fourth-order valence-corrected chi connectivity index (χ4v) is 3.30. The van der Waals surface area contributed by atoms with E-state index >= 15 is 0 Å². The summed E-state index contributed by atoms with van der Waals surface area (Å²) in [5, 5.41) is 8.82. The van der Waals surface area contributed by atoms with Crippen molar-refractivity contribution in [3.8, 4) is 0 Å². The highest BCUT2D eigenvalue weighted by Gasteiger charge is 2.15. The van der Waals surface area contributed by atoms with Crippen LogP contribution in [0.25, 0.3) is 0 Å². The Morgan fingerprint density at radius 2 is 2.03 bits per heavy atom. The summed E-state index contributed by atoms with van der Waals surface area (Å²) in [6.07, 6.45) is 2.49. The highest BCUT2D eigenvalue weighted by atomic mass is 16.5. The minimum Gasteiger partial charge on any atom is -0.376 e. The van der Waals surface area contributed by atoms with Crippen molar-refractivity contribution in [3.63, 3.8) is 0 Å². The summed E-state index contributed by atoms with van der Waals surface area (Å²) in [6, 6.07) is 13.1. The third-order valence-electron chi connectivity index (χ3n) is 4.82. The van der Waals surface area contributed by atoms with Crippen molar-refractivity contribution < 1.29 is 14.3 Å². The maximum atomic E-state index is 12.6. The second-order valence-electron chi connectivity index (χ2n) is 7.07. The highest BCUT2D eigenvalue weighted by molar-refractivity contribution is 5.98. The summed E-state index contributed by atoms with van der Waals surface area (Å²) in [7, 11) is 1.55. The molecule has 1 saturated heterocycles. The maximum absolute atomic E-state index is 12.6. The molecule has 154 valence electrons. The molecule has 2 aromatic rings. The molecule has 7 nitrogen and oxygen atoms in total. The van der Waals surface area contributed by atoms with Gasteiger partial charge in [-0.05, 0) is 30.5 Å². The standard InChI is InChI=1S/C22H28N4O3/c1-23-22(28)20-14-17(13-18(26-20)12-16-6-3-2-4-7-16)21(27)25-9-5-8-19-15-24-10-11-29-19/h2-4,6-7,13-14,19,24H,5,8-12,15H2,1H3,(H,23,28)(H,25,27)/t19-/m0/s1. The van der Waals surface area contributed by atoms with Crippen molar-refractivity contribution in [3.05, 3.63) is 65.0 Å². The third-order valence-corrected chi connectivity index (χ3v) is 4.82. The van der Waals surface area contributed by atoms with Gasteiger partial charge in [0.05, 0.1) is 12.7 Å². The van der Waals surface area contributed by atoms with Crippen LogP contribution in [0.4, 0.5) is 0 Å². The summed E-state index contributed by atoms with van der Waals surface area (Å²) in [5.41, 5.74) is 2.44. The second kappa shape index (κ2) is 10.7. The molecule has 0 unspecified atom stereocenters. The van der Waals surface area contributed by atoms with E-state index in [-0.39, 0.29) is 23.6 Å². The SMILES string of the molecule is CNC(=O)c1cc(C(=O)NCCC[C@H]2CNCCO2)cc(Cc2ccccc2)n1. The predicted octanol–water partition coefficient (Wildman–Crippen LogP) is 1.53. The molecule has 7 heteroatoms. The van der Waals surface area contributed by atoms with Crippen LogP contribution in [-0.2, 0) is 11.2 Å². The fourth-order valence-electron chi connectivity index (χ4n) is 3.30. The van der Waals surface area contributed by atoms with Gasteiger partial charge in [-0.25, -0.2) is 4.98 Å². The van der Waals surface area contributed by atoms with Crippen LogP contribution in [0.5, 0.6) is 0 Å². The highest BCUT2D eigenvalue weighted by Crippen LogP contribution is 2.12. The molecule has 1 aliphatic heterocycles. The predicted molar refractivity (Wildman–Crippen MR) is 111 cm³/mol. The molecular weight excluding hydrogens is 368 g/mol. The maximum Gasteiger partial charge on any atom is 0.269 e. The van der Waals surface area contributed by atoms with Gasteiger partial charge in [0.1, 0.15) is 5.69 Å². The molecule has 1 fully saturated rings. The monoisotopic (exact) mass is 396 g/mol. The molecule has 1 aromatic carbocycles. The molecule has 0 spiro atoms. The Kier molecular flexibility index (Phi) is 7.72. The lowest BCUT2D eigenvalue weighted by molar-refractivity contribution is 0.0225. The van der Waals surface area contributed by atoms with Gasteiger partial charge >= 0.3 is 0 Å². The number of hydrogen-bond donors (Lipinski definition) is 3. The number of carbonyl (C=O) groups excluding carboxylic acids is 2. The summed E-state index contributed by atoms with van der Waals surface area (Å²) < 4.78 is 5.67. The van der Waals surface area contributed by atoms with Crippen molar-refractivity contribution in [1.29, 1.82) is 0 Å². The molecule has 3 N–H and O–H groups in total. The van der Waals surface area contributed by atoms with E-state index in [9.17, 15) is 9.59 Å². The number of carbonyl (C=O) groups is 2. The van der Waals surface area contributed by atoms with Gasteiger partial charge in [0, 0.05) is 44.4 Å².